The number of carbonyl (C=O) groups is 15. The Morgan fingerprint density at radius 3 is 1.54 bits per heavy atom. The molecular formula is C46H74N18O15S4. The molecule has 1 fully saturated rings. The first-order valence-corrected chi connectivity index (χ1v) is 28.1. The van der Waals surface area contributed by atoms with Gasteiger partial charge in [0.25, 0.3) is 0 Å². The normalized spacial score (nSPS) is 16.4. The Bertz CT molecular complexity index is 2530. The number of hydrogen-bond donors (Lipinski definition) is 20. The summed E-state index contributed by atoms with van der Waals surface area (Å²) < 4.78 is 0. The summed E-state index contributed by atoms with van der Waals surface area (Å²) in [5.74, 6) is -15.4. The van der Waals surface area contributed by atoms with Crippen molar-refractivity contribution in [2.75, 3.05) is 42.6 Å². The van der Waals surface area contributed by atoms with E-state index >= 15 is 0 Å². The molecule has 0 saturated carbocycles. The van der Waals surface area contributed by atoms with Gasteiger partial charge in [-0.1, -0.05) is 13.8 Å². The number of nitrogens with one attached hydrogen (secondary N) is 12. The van der Waals surface area contributed by atoms with Crippen LogP contribution in [0, 0.1) is 5.92 Å². The van der Waals surface area contributed by atoms with Crippen LogP contribution >= 0.6 is 50.5 Å². The Labute approximate surface area is 498 Å². The van der Waals surface area contributed by atoms with Crippen molar-refractivity contribution in [3.8, 4) is 0 Å². The molecule has 2 heterocycles. The summed E-state index contributed by atoms with van der Waals surface area (Å²) >= 11 is 16.3. The average Bonchev–Trinajstić information content (AvgIpc) is 4.15. The second-order valence-electron chi connectivity index (χ2n) is 19.1. The summed E-state index contributed by atoms with van der Waals surface area (Å²) in [4.78, 5) is 202. The summed E-state index contributed by atoms with van der Waals surface area (Å²) in [6.07, 6.45) is 1.36. The smallest absolute Gasteiger partial charge is 0.246 e. The van der Waals surface area contributed by atoms with E-state index in [1.807, 2.05) is 0 Å². The first kappa shape index (κ1) is 71.7. The lowest BCUT2D eigenvalue weighted by atomic mass is 10.0. The van der Waals surface area contributed by atoms with E-state index in [0.717, 1.165) is 4.90 Å². The van der Waals surface area contributed by atoms with Crippen LogP contribution in [0.1, 0.15) is 59.1 Å². The number of hydrogen-bond acceptors (Lipinski definition) is 21. The molecule has 11 atom stereocenters. The Morgan fingerprint density at radius 2 is 1.04 bits per heavy atom. The Kier molecular flexibility index (Phi) is 30.7. The van der Waals surface area contributed by atoms with Crippen LogP contribution in [-0.2, 0) is 78.3 Å². The van der Waals surface area contributed by atoms with Crippen LogP contribution in [0.5, 0.6) is 0 Å². The minimum absolute atomic E-state index is 0.0485. The standard InChI is InChI=1S/C46H74N18O15S4/c1-19(2)35(63-44(77)30-6-5-7-64(30)46(79)25(10-32(49)66)59-38(71)21(4)55-41(74)28(16-82)61-42(75)27(15-81)56-33(67)11-47)45(78)62-29(17-83)43(76)58-24(9-31(48)65)39(72)52-13-34(68)54-20(3)37(70)57-23(8-22-12-51-18-53-22)40(73)60-26(14-80)36(50)69/h12,18-21,23-30,35,80-83H,5-11,13-17,47H2,1-4H3,(H2,48,65)(H2,49,66)(H2,50,69)(H,51,53)(H,52,72)(H,54,68)(H,55,74)(H,56,67)(H,57,70)(H,58,76)(H,59,71)(H,60,73)(H,61,75)(H,62,78)(H,63,77)/t20-,21-,23-,24-,25-,26-,27-,28-,29-,30-,35-/m0/s1. The lowest BCUT2D eigenvalue weighted by Gasteiger charge is -2.31. The second kappa shape index (κ2) is 35.6. The number of aromatic amines is 1. The highest BCUT2D eigenvalue weighted by Gasteiger charge is 2.41. The highest BCUT2D eigenvalue weighted by molar-refractivity contribution is 7.80. The number of likely N-dealkylation sites (tertiary alicyclic amines) is 1. The van der Waals surface area contributed by atoms with E-state index in [4.69, 9.17) is 22.9 Å². The topological polar surface area (TPSA) is 524 Å². The Balaban J connectivity index is 2.12. The van der Waals surface area contributed by atoms with E-state index in [-0.39, 0.29) is 43.1 Å². The molecule has 2 rings (SSSR count). The molecule has 83 heavy (non-hydrogen) atoms. The minimum Gasteiger partial charge on any atom is -0.370 e. The zero-order valence-electron chi connectivity index (χ0n) is 45.7. The molecule has 0 radical (unpaired) electrons. The number of imidazole rings is 1. The number of thiol groups is 4. The van der Waals surface area contributed by atoms with Crippen molar-refractivity contribution in [1.82, 2.24) is 73.4 Å². The van der Waals surface area contributed by atoms with Gasteiger partial charge in [-0.3, -0.25) is 71.9 Å². The monoisotopic (exact) mass is 1250 g/mol. The van der Waals surface area contributed by atoms with Crippen molar-refractivity contribution >= 4 is 139 Å². The molecule has 0 spiro atoms. The SMILES string of the molecule is CC(C)[C@H](NC(=O)[C@@H]1CCCN1C(=O)[C@H](CC(N)=O)NC(=O)[C@H](C)NC(=O)[C@H](CS)NC(=O)[C@H](CS)NC(=O)CN)C(=O)N[C@@H](CS)C(=O)N[C@@H](CC(N)=O)C(=O)NCC(=O)N[C@@H](C)C(=O)N[C@@H](Cc1cnc[nH]1)C(=O)N[C@@H](CS)C(N)=O. The molecule has 20 N–H and O–H groups in total. The first-order chi connectivity index (χ1) is 39.0. The van der Waals surface area contributed by atoms with E-state index in [9.17, 15) is 71.9 Å². The van der Waals surface area contributed by atoms with Crippen molar-refractivity contribution in [2.45, 2.75) is 126 Å². The molecule has 462 valence electrons. The van der Waals surface area contributed by atoms with Crippen molar-refractivity contribution < 1.29 is 71.9 Å². The number of carbonyl (C=O) groups excluding carboxylic acids is 15. The minimum atomic E-state index is -1.73. The zero-order chi connectivity index (χ0) is 62.8. The van der Waals surface area contributed by atoms with Crippen LogP contribution in [0.25, 0.3) is 0 Å². The zero-order valence-corrected chi connectivity index (χ0v) is 49.3. The number of rotatable bonds is 35. The van der Waals surface area contributed by atoms with Gasteiger partial charge in [-0.05, 0) is 32.6 Å². The molecule has 15 amide bonds. The highest BCUT2D eigenvalue weighted by Crippen LogP contribution is 2.20. The lowest BCUT2D eigenvalue weighted by molar-refractivity contribution is -0.143. The van der Waals surface area contributed by atoms with Crippen molar-refractivity contribution in [2.24, 2.45) is 28.9 Å². The van der Waals surface area contributed by atoms with Crippen LogP contribution in [0.3, 0.4) is 0 Å². The molecule has 0 bridgehead atoms. The van der Waals surface area contributed by atoms with Crippen LogP contribution in [0.2, 0.25) is 0 Å². The van der Waals surface area contributed by atoms with Gasteiger partial charge in [-0.15, -0.1) is 0 Å². The molecule has 1 aliphatic heterocycles. The number of nitrogens with two attached hydrogens (primary N) is 4. The molecule has 1 aromatic heterocycles. The van der Waals surface area contributed by atoms with Gasteiger partial charge < -0.3 is 91.3 Å². The predicted molar refractivity (Wildman–Crippen MR) is 307 cm³/mol. The maximum Gasteiger partial charge on any atom is 0.246 e. The van der Waals surface area contributed by atoms with Gasteiger partial charge in [0.2, 0.25) is 88.6 Å². The summed E-state index contributed by atoms with van der Waals surface area (Å²) in [6.45, 7) is 4.31. The average molecular weight is 1250 g/mol. The molecule has 33 nitrogen and oxygen atoms in total. The van der Waals surface area contributed by atoms with Crippen molar-refractivity contribution in [3.05, 3.63) is 18.2 Å². The van der Waals surface area contributed by atoms with Gasteiger partial charge in [0.1, 0.15) is 66.5 Å². The second-order valence-corrected chi connectivity index (χ2v) is 20.6. The number of nitrogens with zero attached hydrogens (tertiary/aromatic N) is 2. The molecule has 1 aromatic rings. The van der Waals surface area contributed by atoms with Crippen LogP contribution in [-0.4, -0.2) is 213 Å². The van der Waals surface area contributed by atoms with Gasteiger partial charge >= 0.3 is 0 Å². The van der Waals surface area contributed by atoms with Crippen LogP contribution in [0.4, 0.5) is 0 Å². The number of primary amides is 3. The van der Waals surface area contributed by atoms with E-state index in [2.05, 4.69) is 119 Å². The summed E-state index contributed by atoms with van der Waals surface area (Å²) in [7, 11) is 0. The van der Waals surface area contributed by atoms with Gasteiger partial charge in [0.15, 0.2) is 0 Å². The molecule has 1 aliphatic rings. The third kappa shape index (κ3) is 23.8. The predicted octanol–water partition coefficient (Wildman–Crippen LogP) is -9.48. The fourth-order valence-electron chi connectivity index (χ4n) is 7.67. The van der Waals surface area contributed by atoms with Crippen molar-refractivity contribution in [3.63, 3.8) is 0 Å². The van der Waals surface area contributed by atoms with Gasteiger partial charge in [0.05, 0.1) is 32.3 Å². The largest absolute Gasteiger partial charge is 0.370 e. The molecule has 1 saturated heterocycles. The summed E-state index contributed by atoms with van der Waals surface area (Å²) in [5.41, 5.74) is 21.8. The summed E-state index contributed by atoms with van der Waals surface area (Å²) in [5, 5.41) is 26.1. The fraction of sp³-hybridized carbons (Fsp3) is 0.609. The quantitative estimate of drug-likeness (QED) is 0.0281. The van der Waals surface area contributed by atoms with E-state index < -0.39 is 193 Å². The van der Waals surface area contributed by atoms with Crippen LogP contribution < -0.4 is 81.4 Å². The molecule has 0 aromatic carbocycles. The first-order valence-electron chi connectivity index (χ1n) is 25.6. The molecule has 0 aliphatic carbocycles. The number of H-pyrrole nitrogens is 1. The molecule has 37 heteroatoms. The third-order valence-electron chi connectivity index (χ3n) is 12.2. The van der Waals surface area contributed by atoms with E-state index in [1.54, 1.807) is 13.8 Å². The van der Waals surface area contributed by atoms with E-state index in [1.165, 1.54) is 26.4 Å². The van der Waals surface area contributed by atoms with Gasteiger partial charge in [-0.25, -0.2) is 4.98 Å². The summed E-state index contributed by atoms with van der Waals surface area (Å²) in [6, 6.07) is -15.3. The number of aromatic nitrogens is 2. The van der Waals surface area contributed by atoms with Crippen molar-refractivity contribution in [1.29, 1.82) is 0 Å². The third-order valence-corrected chi connectivity index (χ3v) is 13.7. The highest BCUT2D eigenvalue weighted by atomic mass is 32.1. The Hall–Kier alpha value is -7.38. The lowest BCUT2D eigenvalue weighted by Crippen LogP contribution is -2.61. The van der Waals surface area contributed by atoms with Gasteiger partial charge in [0, 0.05) is 47.9 Å². The van der Waals surface area contributed by atoms with Crippen LogP contribution in [0.15, 0.2) is 12.5 Å². The fourth-order valence-corrected chi connectivity index (χ4v) is 8.71. The van der Waals surface area contributed by atoms with Gasteiger partial charge in [-0.2, -0.15) is 50.5 Å². The number of amides is 15. The molecule has 0 unspecified atom stereocenters. The maximum absolute atomic E-state index is 14.0. The maximum atomic E-state index is 14.0. The Morgan fingerprint density at radius 1 is 0.566 bits per heavy atom. The van der Waals surface area contributed by atoms with E-state index in [0.29, 0.717) is 5.69 Å². The molecular weight excluding hydrogens is 1170 g/mol.